The van der Waals surface area contributed by atoms with Gasteiger partial charge in [-0.15, -0.1) is 0 Å². The van der Waals surface area contributed by atoms with E-state index in [-0.39, 0.29) is 0 Å². The molecule has 0 aromatic carbocycles. The Morgan fingerprint density at radius 2 is 2.07 bits per heavy atom. The van der Waals surface area contributed by atoms with Gasteiger partial charge in [-0.1, -0.05) is 0 Å². The second kappa shape index (κ2) is 4.40. The first-order chi connectivity index (χ1) is 7.15. The molecule has 0 spiro atoms. The summed E-state index contributed by atoms with van der Waals surface area (Å²) in [5, 5.41) is 3.50. The molecule has 2 aliphatic heterocycles. The van der Waals surface area contributed by atoms with E-state index in [1.807, 2.05) is 7.11 Å². The first-order valence-electron chi connectivity index (χ1n) is 6.14. The van der Waals surface area contributed by atoms with E-state index >= 15 is 0 Å². The van der Waals surface area contributed by atoms with Crippen LogP contribution >= 0.6 is 0 Å². The van der Waals surface area contributed by atoms with Gasteiger partial charge in [-0.2, -0.15) is 0 Å². The minimum Gasteiger partial charge on any atom is -0.380 e. The SMILES string of the molecule is COC(C)C(C)N1CC2CNCC2C1C. The molecular weight excluding hydrogens is 188 g/mol. The van der Waals surface area contributed by atoms with Crippen molar-refractivity contribution in [2.45, 2.75) is 39.0 Å². The van der Waals surface area contributed by atoms with Gasteiger partial charge in [0.25, 0.3) is 0 Å². The van der Waals surface area contributed by atoms with Crippen molar-refractivity contribution in [2.75, 3.05) is 26.7 Å². The molecule has 0 aromatic heterocycles. The van der Waals surface area contributed by atoms with Crippen LogP contribution in [0, 0.1) is 11.8 Å². The van der Waals surface area contributed by atoms with Crippen LogP contribution in [0.5, 0.6) is 0 Å². The molecule has 1 N–H and O–H groups in total. The molecule has 15 heavy (non-hydrogen) atoms. The number of likely N-dealkylation sites (tertiary alicyclic amines) is 1. The van der Waals surface area contributed by atoms with Crippen molar-refractivity contribution in [3.63, 3.8) is 0 Å². The molecule has 0 bridgehead atoms. The summed E-state index contributed by atoms with van der Waals surface area (Å²) in [5.41, 5.74) is 0. The van der Waals surface area contributed by atoms with Crippen molar-refractivity contribution >= 4 is 0 Å². The average molecular weight is 212 g/mol. The van der Waals surface area contributed by atoms with Gasteiger partial charge in [-0.25, -0.2) is 0 Å². The number of fused-ring (bicyclic) bond motifs is 1. The van der Waals surface area contributed by atoms with Crippen molar-refractivity contribution in [1.29, 1.82) is 0 Å². The van der Waals surface area contributed by atoms with Crippen molar-refractivity contribution < 1.29 is 4.74 Å². The van der Waals surface area contributed by atoms with E-state index in [2.05, 4.69) is 31.0 Å². The first-order valence-corrected chi connectivity index (χ1v) is 6.14. The van der Waals surface area contributed by atoms with Gasteiger partial charge >= 0.3 is 0 Å². The number of rotatable bonds is 3. The van der Waals surface area contributed by atoms with Gasteiger partial charge in [0.1, 0.15) is 0 Å². The number of nitrogens with zero attached hydrogens (tertiary/aromatic N) is 1. The Kier molecular flexibility index (Phi) is 3.33. The molecule has 2 fully saturated rings. The highest BCUT2D eigenvalue weighted by Gasteiger charge is 2.43. The van der Waals surface area contributed by atoms with Crippen LogP contribution in [-0.4, -0.2) is 49.8 Å². The highest BCUT2D eigenvalue weighted by Crippen LogP contribution is 2.34. The molecule has 5 atom stereocenters. The predicted octanol–water partition coefficient (Wildman–Crippen LogP) is 0.950. The predicted molar refractivity (Wildman–Crippen MR) is 62.0 cm³/mol. The molecule has 2 heterocycles. The fraction of sp³-hybridized carbons (Fsp3) is 1.00. The lowest BCUT2D eigenvalue weighted by Gasteiger charge is -2.33. The van der Waals surface area contributed by atoms with Gasteiger partial charge in [-0.3, -0.25) is 4.90 Å². The van der Waals surface area contributed by atoms with Gasteiger partial charge in [0.2, 0.25) is 0 Å². The van der Waals surface area contributed by atoms with Crippen molar-refractivity contribution in [3.05, 3.63) is 0 Å². The largest absolute Gasteiger partial charge is 0.380 e. The van der Waals surface area contributed by atoms with E-state index in [0.29, 0.717) is 18.2 Å². The number of nitrogens with one attached hydrogen (secondary N) is 1. The lowest BCUT2D eigenvalue weighted by atomic mass is 9.95. The molecule has 0 aromatic rings. The quantitative estimate of drug-likeness (QED) is 0.754. The zero-order chi connectivity index (χ0) is 11.0. The third-order valence-electron chi connectivity index (χ3n) is 4.55. The minimum absolute atomic E-state index is 0.333. The zero-order valence-corrected chi connectivity index (χ0v) is 10.4. The third kappa shape index (κ3) is 1.93. The van der Waals surface area contributed by atoms with Crippen LogP contribution in [0.3, 0.4) is 0 Å². The summed E-state index contributed by atoms with van der Waals surface area (Å²) in [4.78, 5) is 2.63. The van der Waals surface area contributed by atoms with Gasteiger partial charge in [0.15, 0.2) is 0 Å². The molecule has 0 aliphatic carbocycles. The summed E-state index contributed by atoms with van der Waals surface area (Å²) in [5.74, 6) is 1.73. The summed E-state index contributed by atoms with van der Waals surface area (Å²) < 4.78 is 5.44. The highest BCUT2D eigenvalue weighted by molar-refractivity contribution is 4.98. The second-order valence-corrected chi connectivity index (χ2v) is 5.20. The Labute approximate surface area is 93.2 Å². The van der Waals surface area contributed by atoms with Crippen LogP contribution in [-0.2, 0) is 4.74 Å². The van der Waals surface area contributed by atoms with Gasteiger partial charge in [-0.05, 0) is 45.7 Å². The smallest absolute Gasteiger partial charge is 0.0695 e. The lowest BCUT2D eigenvalue weighted by molar-refractivity contribution is 0.0260. The molecule has 5 unspecified atom stereocenters. The molecule has 0 saturated carbocycles. The van der Waals surface area contributed by atoms with Gasteiger partial charge in [0.05, 0.1) is 6.10 Å². The molecule has 2 saturated heterocycles. The summed E-state index contributed by atoms with van der Waals surface area (Å²) in [7, 11) is 1.81. The van der Waals surface area contributed by atoms with E-state index in [1.165, 1.54) is 19.6 Å². The fourth-order valence-electron chi connectivity index (χ4n) is 3.20. The maximum Gasteiger partial charge on any atom is 0.0695 e. The molecule has 0 amide bonds. The topological polar surface area (TPSA) is 24.5 Å². The molecule has 2 aliphatic rings. The summed E-state index contributed by atoms with van der Waals surface area (Å²) >= 11 is 0. The second-order valence-electron chi connectivity index (χ2n) is 5.20. The van der Waals surface area contributed by atoms with Gasteiger partial charge in [0, 0.05) is 25.7 Å². The third-order valence-corrected chi connectivity index (χ3v) is 4.55. The van der Waals surface area contributed by atoms with Crippen LogP contribution in [0.25, 0.3) is 0 Å². The average Bonchev–Trinajstić information content (AvgIpc) is 2.80. The van der Waals surface area contributed by atoms with Crippen LogP contribution < -0.4 is 5.32 Å². The van der Waals surface area contributed by atoms with Crippen LogP contribution in [0.15, 0.2) is 0 Å². The standard InChI is InChI=1S/C12H24N2O/c1-8(10(3)15-4)14-7-11-5-13-6-12(11)9(14)2/h8-13H,5-7H2,1-4H3. The van der Waals surface area contributed by atoms with Crippen molar-refractivity contribution in [3.8, 4) is 0 Å². The van der Waals surface area contributed by atoms with Crippen LogP contribution in [0.1, 0.15) is 20.8 Å². The van der Waals surface area contributed by atoms with E-state index < -0.39 is 0 Å². The van der Waals surface area contributed by atoms with Crippen LogP contribution in [0.4, 0.5) is 0 Å². The fourth-order valence-corrected chi connectivity index (χ4v) is 3.20. The van der Waals surface area contributed by atoms with E-state index in [0.717, 1.165) is 11.8 Å². The molecular formula is C12H24N2O. The first kappa shape index (κ1) is 11.4. The number of hydrogen-bond acceptors (Lipinski definition) is 3. The van der Waals surface area contributed by atoms with Crippen LogP contribution in [0.2, 0.25) is 0 Å². The van der Waals surface area contributed by atoms with Crippen molar-refractivity contribution in [2.24, 2.45) is 11.8 Å². The molecule has 3 heteroatoms. The molecule has 2 rings (SSSR count). The Balaban J connectivity index is 2.00. The summed E-state index contributed by atoms with van der Waals surface area (Å²) in [6.07, 6.45) is 0.333. The number of hydrogen-bond donors (Lipinski definition) is 1. The Morgan fingerprint density at radius 3 is 2.67 bits per heavy atom. The minimum atomic E-state index is 0.333. The molecule has 0 radical (unpaired) electrons. The maximum atomic E-state index is 5.44. The number of methoxy groups -OCH3 is 1. The van der Waals surface area contributed by atoms with Gasteiger partial charge < -0.3 is 10.1 Å². The van der Waals surface area contributed by atoms with E-state index in [9.17, 15) is 0 Å². The summed E-state index contributed by atoms with van der Waals surface area (Å²) in [6, 6.07) is 1.24. The van der Waals surface area contributed by atoms with E-state index in [4.69, 9.17) is 4.74 Å². The Hall–Kier alpha value is -0.120. The van der Waals surface area contributed by atoms with Crippen molar-refractivity contribution in [1.82, 2.24) is 10.2 Å². The number of ether oxygens (including phenoxy) is 1. The van der Waals surface area contributed by atoms with E-state index in [1.54, 1.807) is 0 Å². The molecule has 3 nitrogen and oxygen atoms in total. The zero-order valence-electron chi connectivity index (χ0n) is 10.4. The normalized spacial score (nSPS) is 40.4. The Morgan fingerprint density at radius 1 is 1.33 bits per heavy atom. The monoisotopic (exact) mass is 212 g/mol. The summed E-state index contributed by atoms with van der Waals surface area (Å²) in [6.45, 7) is 10.5. The highest BCUT2D eigenvalue weighted by atomic mass is 16.5. The lowest BCUT2D eigenvalue weighted by Crippen LogP contribution is -2.45. The Bertz CT molecular complexity index is 218. The maximum absolute atomic E-state index is 5.44. The molecule has 88 valence electrons.